The van der Waals surface area contributed by atoms with Gasteiger partial charge in [-0.25, -0.2) is 9.50 Å². The lowest BCUT2D eigenvalue weighted by Crippen LogP contribution is -2.49. The van der Waals surface area contributed by atoms with Crippen molar-refractivity contribution in [2.45, 2.75) is 32.0 Å². The van der Waals surface area contributed by atoms with Crippen LogP contribution in [0.2, 0.25) is 0 Å². The highest BCUT2D eigenvalue weighted by Crippen LogP contribution is 2.28. The van der Waals surface area contributed by atoms with E-state index in [4.69, 9.17) is 0 Å². The molecule has 2 amide bonds. The van der Waals surface area contributed by atoms with Gasteiger partial charge in [0, 0.05) is 94.2 Å². The van der Waals surface area contributed by atoms with Crippen LogP contribution in [0.5, 0.6) is 0 Å². The molecule has 14 heteroatoms. The highest BCUT2D eigenvalue weighted by molar-refractivity contribution is 5.94. The number of hydrogen-bond acceptors (Lipinski definition) is 7. The number of rotatable bonds is 9. The molecular formula is C31H34F3N9O2. The fourth-order valence-electron chi connectivity index (χ4n) is 5.62. The molecule has 11 nitrogen and oxygen atoms in total. The molecule has 3 aromatic heterocycles. The molecule has 236 valence electrons. The number of carbonyl (C=O) groups is 2. The second-order valence-electron chi connectivity index (χ2n) is 11.2. The lowest BCUT2D eigenvalue weighted by molar-refractivity contribution is -0.148. The Balaban J connectivity index is 1.04. The van der Waals surface area contributed by atoms with E-state index in [1.54, 1.807) is 29.0 Å². The highest BCUT2D eigenvalue weighted by atomic mass is 19.4. The summed E-state index contributed by atoms with van der Waals surface area (Å²) in [6.45, 7) is 5.41. The van der Waals surface area contributed by atoms with E-state index < -0.39 is 24.9 Å². The Labute approximate surface area is 257 Å². The molecule has 0 radical (unpaired) electrons. The van der Waals surface area contributed by atoms with Crippen LogP contribution in [-0.4, -0.2) is 103 Å². The Bertz CT molecular complexity index is 1660. The molecule has 1 aromatic carbocycles. The summed E-state index contributed by atoms with van der Waals surface area (Å²) < 4.78 is 41.3. The third-order valence-corrected chi connectivity index (χ3v) is 8.17. The number of piperazine rings is 1. The predicted molar refractivity (Wildman–Crippen MR) is 162 cm³/mol. The van der Waals surface area contributed by atoms with E-state index in [1.807, 2.05) is 47.8 Å². The van der Waals surface area contributed by atoms with E-state index >= 15 is 0 Å². The zero-order chi connectivity index (χ0) is 31.4. The zero-order valence-electron chi connectivity index (χ0n) is 24.7. The van der Waals surface area contributed by atoms with Crippen molar-refractivity contribution in [1.82, 2.24) is 38.8 Å². The Kier molecular flexibility index (Phi) is 8.83. The number of carbonyl (C=O) groups excluding carboxylic acids is 2. The number of imidazole rings is 1. The average Bonchev–Trinajstić information content (AvgIpc) is 3.72. The van der Waals surface area contributed by atoms with Gasteiger partial charge in [0.25, 0.3) is 5.91 Å². The summed E-state index contributed by atoms with van der Waals surface area (Å²) >= 11 is 0. The van der Waals surface area contributed by atoms with E-state index in [9.17, 15) is 22.8 Å². The molecule has 0 atom stereocenters. The van der Waals surface area contributed by atoms with Crippen molar-refractivity contribution in [3.8, 4) is 0 Å². The molecule has 0 saturated carbocycles. The van der Waals surface area contributed by atoms with Crippen molar-refractivity contribution in [2.75, 3.05) is 51.1 Å². The predicted octanol–water partition coefficient (Wildman–Crippen LogP) is 4.09. The second-order valence-corrected chi connectivity index (χ2v) is 11.2. The molecule has 2 aliphatic heterocycles. The van der Waals surface area contributed by atoms with Gasteiger partial charge in [-0.15, -0.1) is 5.10 Å². The van der Waals surface area contributed by atoms with Crippen LogP contribution in [-0.2, 0) is 11.3 Å². The van der Waals surface area contributed by atoms with Crippen molar-refractivity contribution < 1.29 is 22.8 Å². The number of halogens is 3. The largest absolute Gasteiger partial charge is 0.389 e. The summed E-state index contributed by atoms with van der Waals surface area (Å²) in [6.07, 6.45) is 3.69. The van der Waals surface area contributed by atoms with Crippen molar-refractivity contribution in [2.24, 2.45) is 0 Å². The van der Waals surface area contributed by atoms with Gasteiger partial charge in [-0.3, -0.25) is 14.5 Å². The fraction of sp³-hybridized carbons (Fsp3) is 0.387. The number of anilines is 2. The average molecular weight is 622 g/mol. The summed E-state index contributed by atoms with van der Waals surface area (Å²) in [4.78, 5) is 39.8. The number of nitrogens with zero attached hydrogens (tertiary/aromatic N) is 8. The monoisotopic (exact) mass is 621 g/mol. The Hall–Kier alpha value is -4.72. The zero-order valence-corrected chi connectivity index (χ0v) is 24.7. The first-order valence-corrected chi connectivity index (χ1v) is 15.0. The van der Waals surface area contributed by atoms with E-state index in [-0.39, 0.29) is 12.5 Å². The van der Waals surface area contributed by atoms with Crippen LogP contribution in [0, 0.1) is 0 Å². The maximum absolute atomic E-state index is 13.1. The third kappa shape index (κ3) is 7.51. The Morgan fingerprint density at radius 2 is 1.73 bits per heavy atom. The summed E-state index contributed by atoms with van der Waals surface area (Å²) in [5.41, 5.74) is 3.79. The number of alkyl halides is 3. The van der Waals surface area contributed by atoms with Gasteiger partial charge in [0.1, 0.15) is 0 Å². The molecule has 1 fully saturated rings. The van der Waals surface area contributed by atoms with Gasteiger partial charge in [0.2, 0.25) is 11.9 Å². The number of pyridine rings is 1. The van der Waals surface area contributed by atoms with Crippen molar-refractivity contribution >= 4 is 34.7 Å². The van der Waals surface area contributed by atoms with Gasteiger partial charge in [-0.2, -0.15) is 18.2 Å². The minimum absolute atomic E-state index is 0.00711. The number of fused-ring (bicyclic) bond motifs is 1. The molecule has 5 heterocycles. The second kappa shape index (κ2) is 13.1. The summed E-state index contributed by atoms with van der Waals surface area (Å²) in [7, 11) is 0. The normalized spacial score (nSPS) is 16.2. The van der Waals surface area contributed by atoms with Crippen LogP contribution in [0.1, 0.15) is 35.2 Å². The molecule has 45 heavy (non-hydrogen) atoms. The third-order valence-electron chi connectivity index (χ3n) is 8.17. The summed E-state index contributed by atoms with van der Waals surface area (Å²) in [6, 6.07) is 11.0. The molecule has 0 bridgehead atoms. The van der Waals surface area contributed by atoms with Crippen LogP contribution in [0.4, 0.5) is 24.8 Å². The van der Waals surface area contributed by atoms with Gasteiger partial charge in [0.15, 0.2) is 5.65 Å². The standard InChI is InChI=1S/C31H34F3N9O2/c32-31(33,34)10-7-27(44)41-13-8-23(9-14-41)26-2-1-12-43-28(26)37-30(38-43)36-25-5-3-24(4-6-25)29(45)42-20-18-39(19-21-42)16-17-40-15-11-35-22-40/h1-6,8,11-12,15,22H,7,9-10,13-14,16-21H2,(H,36,38). The minimum Gasteiger partial charge on any atom is -0.339 e. The first-order valence-electron chi connectivity index (χ1n) is 15.0. The Morgan fingerprint density at radius 3 is 2.42 bits per heavy atom. The quantitative estimate of drug-likeness (QED) is 0.300. The molecule has 4 aromatic rings. The number of amides is 2. The number of aromatic nitrogens is 5. The smallest absolute Gasteiger partial charge is 0.339 e. The van der Waals surface area contributed by atoms with E-state index in [1.165, 1.54) is 4.90 Å². The van der Waals surface area contributed by atoms with Gasteiger partial charge in [0.05, 0.1) is 12.7 Å². The highest BCUT2D eigenvalue weighted by Gasteiger charge is 2.30. The maximum atomic E-state index is 13.1. The SMILES string of the molecule is O=C(CCC(F)(F)F)N1CC=C(c2cccn3nc(Nc4ccc(C(=O)N5CCN(CCn6ccnc6)CC5)cc4)nc23)CC1. The van der Waals surface area contributed by atoms with E-state index in [0.717, 1.165) is 43.0 Å². The summed E-state index contributed by atoms with van der Waals surface area (Å²) in [5, 5.41) is 7.74. The number of hydrogen-bond donors (Lipinski definition) is 1. The lowest BCUT2D eigenvalue weighted by Gasteiger charge is -2.34. The van der Waals surface area contributed by atoms with Crippen LogP contribution < -0.4 is 5.32 Å². The molecule has 6 rings (SSSR count). The van der Waals surface area contributed by atoms with Crippen LogP contribution in [0.25, 0.3) is 11.2 Å². The molecular weight excluding hydrogens is 587 g/mol. The van der Waals surface area contributed by atoms with Gasteiger partial charge in [-0.05, 0) is 48.4 Å². The lowest BCUT2D eigenvalue weighted by atomic mass is 10.00. The van der Waals surface area contributed by atoms with Crippen LogP contribution >= 0.6 is 0 Å². The molecule has 0 unspecified atom stereocenters. The van der Waals surface area contributed by atoms with E-state index in [0.29, 0.717) is 43.2 Å². The molecule has 1 N–H and O–H groups in total. The maximum Gasteiger partial charge on any atom is 0.389 e. The van der Waals surface area contributed by atoms with E-state index in [2.05, 4.69) is 29.9 Å². The topological polar surface area (TPSA) is 104 Å². The fourth-order valence-corrected chi connectivity index (χ4v) is 5.62. The number of benzene rings is 1. The first kappa shape index (κ1) is 30.3. The van der Waals surface area contributed by atoms with Crippen LogP contribution in [0.15, 0.2) is 67.4 Å². The van der Waals surface area contributed by atoms with Crippen molar-refractivity contribution in [1.29, 1.82) is 0 Å². The first-order chi connectivity index (χ1) is 21.7. The molecule has 0 spiro atoms. The molecule has 2 aliphatic rings. The Morgan fingerprint density at radius 1 is 0.933 bits per heavy atom. The summed E-state index contributed by atoms with van der Waals surface area (Å²) in [5.74, 6) is -0.107. The molecule has 1 saturated heterocycles. The van der Waals surface area contributed by atoms with Crippen molar-refractivity contribution in [3.05, 3.63) is 78.5 Å². The molecule has 0 aliphatic carbocycles. The van der Waals surface area contributed by atoms with Crippen molar-refractivity contribution in [3.63, 3.8) is 0 Å². The van der Waals surface area contributed by atoms with Crippen LogP contribution in [0.3, 0.4) is 0 Å². The van der Waals surface area contributed by atoms with Gasteiger partial charge < -0.3 is 19.7 Å². The minimum atomic E-state index is -4.35. The van der Waals surface area contributed by atoms with Gasteiger partial charge >= 0.3 is 6.18 Å². The number of nitrogens with one attached hydrogen (secondary N) is 1. The van der Waals surface area contributed by atoms with Gasteiger partial charge in [-0.1, -0.05) is 6.08 Å².